The van der Waals surface area contributed by atoms with Crippen molar-refractivity contribution >= 4 is 27.4 Å². The second kappa shape index (κ2) is 7.65. The number of sulfonamides is 1. The zero-order valence-electron chi connectivity index (χ0n) is 13.8. The molecule has 0 saturated carbocycles. The molecular formula is C16H19ClN4O3S. The van der Waals surface area contributed by atoms with Gasteiger partial charge in [0.2, 0.25) is 10.0 Å². The molecule has 0 spiro atoms. The first-order chi connectivity index (χ1) is 12.0. The van der Waals surface area contributed by atoms with Gasteiger partial charge in [-0.3, -0.25) is 0 Å². The summed E-state index contributed by atoms with van der Waals surface area (Å²) in [6.07, 6.45) is 0. The molecule has 0 unspecified atom stereocenters. The first-order valence-corrected chi connectivity index (χ1v) is 9.73. The number of morpholine rings is 1. The van der Waals surface area contributed by atoms with E-state index in [9.17, 15) is 8.42 Å². The minimum absolute atomic E-state index is 0.00736. The molecule has 2 aromatic rings. The Morgan fingerprint density at radius 1 is 1.24 bits per heavy atom. The van der Waals surface area contributed by atoms with Gasteiger partial charge in [-0.2, -0.15) is 0 Å². The highest BCUT2D eigenvalue weighted by molar-refractivity contribution is 7.89. The van der Waals surface area contributed by atoms with Crippen molar-refractivity contribution in [3.63, 3.8) is 0 Å². The molecule has 9 heteroatoms. The lowest BCUT2D eigenvalue weighted by molar-refractivity contribution is 0.122. The lowest BCUT2D eigenvalue weighted by atomic mass is 10.3. The zero-order chi connectivity index (χ0) is 17.9. The van der Waals surface area contributed by atoms with Crippen LogP contribution in [0.15, 0.2) is 35.2 Å². The first kappa shape index (κ1) is 18.1. The summed E-state index contributed by atoms with van der Waals surface area (Å²) in [5.74, 6) is 1.19. The standard InChI is InChI=1S/C16H19ClN4O3S/c1-12-10-16(21-6-8-24-9-7-21)20-15(19-12)11-18-25(22,23)14-5-3-2-4-13(14)17/h2-5,10,18H,6-9,11H2,1H3. The van der Waals surface area contributed by atoms with Crippen LogP contribution < -0.4 is 9.62 Å². The van der Waals surface area contributed by atoms with Crippen molar-refractivity contribution in [1.29, 1.82) is 0 Å². The minimum Gasteiger partial charge on any atom is -0.378 e. The number of hydrogen-bond donors (Lipinski definition) is 1. The van der Waals surface area contributed by atoms with E-state index in [4.69, 9.17) is 16.3 Å². The maximum absolute atomic E-state index is 12.4. The Hall–Kier alpha value is -1.74. The summed E-state index contributed by atoms with van der Waals surface area (Å²) in [6.45, 7) is 4.65. The highest BCUT2D eigenvalue weighted by atomic mass is 35.5. The molecule has 3 rings (SSSR count). The van der Waals surface area contributed by atoms with Crippen LogP contribution in [0.3, 0.4) is 0 Å². The highest BCUT2D eigenvalue weighted by Gasteiger charge is 2.19. The fraction of sp³-hybridized carbons (Fsp3) is 0.375. The largest absolute Gasteiger partial charge is 0.378 e. The van der Waals surface area contributed by atoms with Gasteiger partial charge in [0, 0.05) is 24.8 Å². The van der Waals surface area contributed by atoms with Gasteiger partial charge < -0.3 is 9.64 Å². The van der Waals surface area contributed by atoms with Gasteiger partial charge in [0.25, 0.3) is 0 Å². The summed E-state index contributed by atoms with van der Waals surface area (Å²) in [6, 6.07) is 8.19. The Kier molecular flexibility index (Phi) is 5.53. The van der Waals surface area contributed by atoms with Crippen LogP contribution in [0.5, 0.6) is 0 Å². The van der Waals surface area contributed by atoms with E-state index in [-0.39, 0.29) is 16.5 Å². The summed E-state index contributed by atoms with van der Waals surface area (Å²) in [4.78, 5) is 10.9. The van der Waals surface area contributed by atoms with Gasteiger partial charge in [-0.05, 0) is 19.1 Å². The number of halogens is 1. The number of nitrogens with one attached hydrogen (secondary N) is 1. The highest BCUT2D eigenvalue weighted by Crippen LogP contribution is 2.20. The zero-order valence-corrected chi connectivity index (χ0v) is 15.3. The van der Waals surface area contributed by atoms with Crippen molar-refractivity contribution in [2.45, 2.75) is 18.4 Å². The molecule has 1 aliphatic heterocycles. The molecule has 7 nitrogen and oxygen atoms in total. The molecule has 1 N–H and O–H groups in total. The maximum Gasteiger partial charge on any atom is 0.242 e. The van der Waals surface area contributed by atoms with Crippen LogP contribution in [-0.2, 0) is 21.3 Å². The van der Waals surface area contributed by atoms with E-state index in [2.05, 4.69) is 19.6 Å². The number of ether oxygens (including phenoxy) is 1. The van der Waals surface area contributed by atoms with Crippen molar-refractivity contribution in [2.75, 3.05) is 31.2 Å². The maximum atomic E-state index is 12.4. The van der Waals surface area contributed by atoms with E-state index in [0.717, 1.165) is 24.6 Å². The van der Waals surface area contributed by atoms with Crippen LogP contribution in [0.2, 0.25) is 5.02 Å². The molecule has 1 saturated heterocycles. The van der Waals surface area contributed by atoms with E-state index in [1.807, 2.05) is 13.0 Å². The summed E-state index contributed by atoms with van der Waals surface area (Å²) in [5, 5.41) is 0.175. The molecule has 25 heavy (non-hydrogen) atoms. The van der Waals surface area contributed by atoms with Crippen LogP contribution >= 0.6 is 11.6 Å². The Bertz CT molecular complexity index is 854. The molecule has 2 heterocycles. The van der Waals surface area contributed by atoms with Crippen LogP contribution in [0.25, 0.3) is 0 Å². The smallest absolute Gasteiger partial charge is 0.242 e. The van der Waals surface area contributed by atoms with Crippen LogP contribution in [0.1, 0.15) is 11.5 Å². The van der Waals surface area contributed by atoms with Crippen LogP contribution in [0, 0.1) is 6.92 Å². The average molecular weight is 383 g/mol. The Labute approximate surface area is 152 Å². The predicted octanol–water partition coefficient (Wildman–Crippen LogP) is 1.75. The van der Waals surface area contributed by atoms with Gasteiger partial charge in [0.05, 0.1) is 24.8 Å². The number of aryl methyl sites for hydroxylation is 1. The quantitative estimate of drug-likeness (QED) is 0.848. The van der Waals surface area contributed by atoms with Gasteiger partial charge in [-0.15, -0.1) is 0 Å². The Morgan fingerprint density at radius 2 is 1.96 bits per heavy atom. The fourth-order valence-electron chi connectivity index (χ4n) is 2.55. The predicted molar refractivity (Wildman–Crippen MR) is 95.3 cm³/mol. The summed E-state index contributed by atoms with van der Waals surface area (Å²) in [5.41, 5.74) is 0.781. The van der Waals surface area contributed by atoms with Crippen molar-refractivity contribution in [2.24, 2.45) is 0 Å². The Balaban J connectivity index is 1.77. The van der Waals surface area contributed by atoms with E-state index in [1.54, 1.807) is 12.1 Å². The molecule has 0 amide bonds. The third-order valence-electron chi connectivity index (χ3n) is 3.77. The first-order valence-electron chi connectivity index (χ1n) is 7.87. The Morgan fingerprint density at radius 3 is 2.68 bits per heavy atom. The molecule has 1 aromatic heterocycles. The van der Waals surface area contributed by atoms with Gasteiger partial charge in [-0.1, -0.05) is 23.7 Å². The lowest BCUT2D eigenvalue weighted by Crippen LogP contribution is -2.37. The molecular weight excluding hydrogens is 364 g/mol. The molecule has 0 atom stereocenters. The van der Waals surface area contributed by atoms with Gasteiger partial charge >= 0.3 is 0 Å². The number of aromatic nitrogens is 2. The molecule has 134 valence electrons. The lowest BCUT2D eigenvalue weighted by Gasteiger charge is -2.28. The number of hydrogen-bond acceptors (Lipinski definition) is 6. The van der Waals surface area contributed by atoms with Gasteiger partial charge in [-0.25, -0.2) is 23.1 Å². The van der Waals surface area contributed by atoms with Crippen molar-refractivity contribution in [3.8, 4) is 0 Å². The van der Waals surface area contributed by atoms with Crippen LogP contribution in [0.4, 0.5) is 5.82 Å². The molecule has 1 aliphatic rings. The van der Waals surface area contributed by atoms with E-state index < -0.39 is 10.0 Å². The third kappa shape index (κ3) is 4.46. The monoisotopic (exact) mass is 382 g/mol. The minimum atomic E-state index is -3.74. The number of rotatable bonds is 5. The van der Waals surface area contributed by atoms with Crippen molar-refractivity contribution in [1.82, 2.24) is 14.7 Å². The average Bonchev–Trinajstić information content (AvgIpc) is 2.61. The molecule has 1 aromatic carbocycles. The summed E-state index contributed by atoms with van der Waals surface area (Å²) >= 11 is 5.97. The number of anilines is 1. The number of benzene rings is 1. The second-order valence-corrected chi connectivity index (χ2v) is 7.78. The van der Waals surface area contributed by atoms with Crippen molar-refractivity contribution < 1.29 is 13.2 Å². The fourth-order valence-corrected chi connectivity index (χ4v) is 4.04. The van der Waals surface area contributed by atoms with E-state index in [0.29, 0.717) is 19.0 Å². The topological polar surface area (TPSA) is 84.4 Å². The van der Waals surface area contributed by atoms with Crippen molar-refractivity contribution in [3.05, 3.63) is 46.9 Å². The van der Waals surface area contributed by atoms with E-state index >= 15 is 0 Å². The molecule has 0 aliphatic carbocycles. The molecule has 0 bridgehead atoms. The normalized spacial score (nSPS) is 15.4. The SMILES string of the molecule is Cc1cc(N2CCOCC2)nc(CNS(=O)(=O)c2ccccc2Cl)n1. The third-order valence-corrected chi connectivity index (χ3v) is 5.67. The van der Waals surface area contributed by atoms with Crippen LogP contribution in [-0.4, -0.2) is 44.7 Å². The summed E-state index contributed by atoms with van der Waals surface area (Å²) in [7, 11) is -3.74. The van der Waals surface area contributed by atoms with Gasteiger partial charge in [0.15, 0.2) is 0 Å². The second-order valence-electron chi connectivity index (χ2n) is 5.64. The van der Waals surface area contributed by atoms with E-state index in [1.165, 1.54) is 12.1 Å². The summed E-state index contributed by atoms with van der Waals surface area (Å²) < 4.78 is 32.7. The number of nitrogens with zero attached hydrogens (tertiary/aromatic N) is 3. The molecule has 0 radical (unpaired) electrons. The van der Waals surface area contributed by atoms with Gasteiger partial charge in [0.1, 0.15) is 16.5 Å². The molecule has 1 fully saturated rings.